The average Bonchev–Trinajstić information content (AvgIpc) is 1.67. The van der Waals surface area contributed by atoms with Gasteiger partial charge in [-0.1, -0.05) is 105 Å². The number of rotatable bonds is 20. The summed E-state index contributed by atoms with van der Waals surface area (Å²) >= 11 is 17.7. The first-order valence-corrected chi connectivity index (χ1v) is 39.9. The molecular formula is C72H84Br2Cl2N34O23. The Morgan fingerprint density at radius 1 is 0.459 bits per heavy atom. The van der Waals surface area contributed by atoms with Crippen molar-refractivity contribution in [3.05, 3.63) is 331 Å². The van der Waals surface area contributed by atoms with Crippen molar-refractivity contribution in [2.45, 2.75) is 68.7 Å². The smallest absolute Gasteiger partial charge is 0.389 e. The molecule has 14 rings (SSSR count). The van der Waals surface area contributed by atoms with Gasteiger partial charge in [0, 0.05) is 80.7 Å². The van der Waals surface area contributed by atoms with E-state index < -0.39 is 72.0 Å². The van der Waals surface area contributed by atoms with Gasteiger partial charge < -0.3 is 153 Å². The summed E-state index contributed by atoms with van der Waals surface area (Å²) in [5.41, 5.74) is 5.40. The highest BCUT2D eigenvalue weighted by atomic mass is 79.9. The van der Waals surface area contributed by atoms with Crippen molar-refractivity contribution in [3.8, 4) is 0 Å². The predicted octanol–water partition coefficient (Wildman–Crippen LogP) is 12.7. The van der Waals surface area contributed by atoms with E-state index in [0.29, 0.717) is 44.8 Å². The minimum absolute atomic E-state index is 0.0101. The second-order valence-corrected chi connectivity index (χ2v) is 28.2. The summed E-state index contributed by atoms with van der Waals surface area (Å²) in [7, 11) is 13.6. The number of hydrogen-bond donors (Lipinski definition) is 5. The molecule has 0 aliphatic rings. The van der Waals surface area contributed by atoms with Crippen LogP contribution >= 0.6 is 55.1 Å². The summed E-state index contributed by atoms with van der Waals surface area (Å²) in [6.45, 7) is 8.24. The topological polar surface area (TPSA) is 735 Å². The van der Waals surface area contributed by atoms with Crippen LogP contribution in [-0.4, -0.2) is 182 Å². The molecular weight excluding hydrogens is 1940 g/mol. The number of halogens is 4. The van der Waals surface area contributed by atoms with E-state index in [4.69, 9.17) is 33.0 Å². The van der Waals surface area contributed by atoms with Crippen LogP contribution in [0.5, 0.6) is 0 Å². The second-order valence-electron chi connectivity index (χ2n) is 26.4. The number of aromatic nitrogens is 24. The molecule has 2 aromatic carbocycles. The predicted molar refractivity (Wildman–Crippen MR) is 482 cm³/mol. The number of hydrogen-bond acceptors (Lipinski definition) is 35. The van der Waals surface area contributed by atoms with Crippen LogP contribution in [0, 0.1) is 115 Å². The first-order valence-electron chi connectivity index (χ1n) is 36.7. The van der Waals surface area contributed by atoms with Gasteiger partial charge in [0.15, 0.2) is 30.1 Å². The third-order valence-corrected chi connectivity index (χ3v) is 17.3. The van der Waals surface area contributed by atoms with Gasteiger partial charge in [0.05, 0.1) is 35.8 Å². The lowest BCUT2D eigenvalue weighted by molar-refractivity contribution is -0.390. The number of aryl methyl sites for hydroxylation is 10. The maximum absolute atomic E-state index is 11.8. The molecule has 708 valence electrons. The van der Waals surface area contributed by atoms with Crippen molar-refractivity contribution in [2.24, 2.45) is 56.4 Å². The first-order chi connectivity index (χ1) is 62.7. The normalized spacial score (nSPS) is 10.4. The summed E-state index contributed by atoms with van der Waals surface area (Å²) in [6.07, 6.45) is 31.7. The monoisotopic (exact) mass is 2020 g/mol. The molecule has 0 saturated heterocycles. The zero-order valence-electron chi connectivity index (χ0n) is 72.2. The van der Waals surface area contributed by atoms with Crippen molar-refractivity contribution < 1.29 is 63.9 Å². The van der Waals surface area contributed by atoms with Crippen molar-refractivity contribution in [3.63, 3.8) is 0 Å². The molecule has 61 heteroatoms. The number of aromatic amines is 4. The molecule has 0 aliphatic carbocycles. The number of nitrogens with one attached hydrogen (secondary N) is 4. The van der Waals surface area contributed by atoms with Crippen molar-refractivity contribution in [2.75, 3.05) is 0 Å². The van der Waals surface area contributed by atoms with Gasteiger partial charge in [-0.2, -0.15) is 0 Å². The number of carbonyl (C=O) groups excluding carboxylic acids is 1. The summed E-state index contributed by atoms with van der Waals surface area (Å²) in [4.78, 5) is 163. The van der Waals surface area contributed by atoms with Crippen LogP contribution in [0.1, 0.15) is 88.5 Å². The Labute approximate surface area is 775 Å². The van der Waals surface area contributed by atoms with E-state index in [9.17, 15) is 106 Å². The fourth-order valence-electron chi connectivity index (χ4n) is 9.19. The number of aliphatic hydroxyl groups excluding tert-OH is 1. The highest BCUT2D eigenvalue weighted by molar-refractivity contribution is 9.08. The van der Waals surface area contributed by atoms with Crippen molar-refractivity contribution >= 4 is 144 Å². The Balaban J connectivity index is 0.000000378. The highest BCUT2D eigenvalue weighted by Crippen LogP contribution is 2.31. The Kier molecular flexibility index (Phi) is 46.5. The number of nitro groups is 10. The number of esters is 1. The quantitative estimate of drug-likeness (QED) is 0.0205. The van der Waals surface area contributed by atoms with Crippen LogP contribution < -0.4 is 0 Å². The fourth-order valence-corrected chi connectivity index (χ4v) is 11.1. The Morgan fingerprint density at radius 3 is 1.20 bits per heavy atom. The van der Waals surface area contributed by atoms with E-state index in [0.717, 1.165) is 23.0 Å². The molecule has 12 heterocycles. The molecule has 1 atom stereocenters. The fraction of sp³-hybridized carbons (Fsp3) is 0.264. The molecule has 5 N–H and O–H groups in total. The Bertz CT molecular complexity index is 5850. The lowest BCUT2D eigenvalue weighted by atomic mass is 10.2. The SMILES string of the molecule is Cc1cnc[nH]1.Cc1nc[nH]c1[N+](=O)[O-].Cn1ccnc1.Cn1cnc([N+](=O)[O-])c1.Cn1cnc([N+](=O)[O-])c1/C=C/c1ccccc1.Cn1cnc([N+](=O)[O-])c1C(Cl)C(=O)OC(C)(C)C.Cn1cnc([N+](=O)[O-])c1CBr.Cn1cnc([N+](=O)[O-])c1CBr.Cn1cnc([N+](=O)[O-])c1CCl.Cn1cnc([N+](=O)[O-])c1CO.O=[N+]([O-])c1[nH]cnc1/C=C/c1ccccc1.O=[N+]([O-])c1cnc[nH]1. The third-order valence-electron chi connectivity index (χ3n) is 15.6. The number of nitrogens with zero attached hydrogens (tertiary/aromatic N) is 30. The number of ether oxygens (including phenoxy) is 1. The number of imidazole rings is 12. The van der Waals surface area contributed by atoms with Crippen LogP contribution in [0.4, 0.5) is 58.2 Å². The van der Waals surface area contributed by atoms with E-state index in [1.807, 2.05) is 91.5 Å². The van der Waals surface area contributed by atoms with E-state index in [-0.39, 0.29) is 76.2 Å². The first kappa shape index (κ1) is 111. The minimum atomic E-state index is -1.27. The second kappa shape index (κ2) is 55.9. The Morgan fingerprint density at radius 2 is 0.887 bits per heavy atom. The maximum atomic E-state index is 11.8. The van der Waals surface area contributed by atoms with Crippen molar-refractivity contribution in [1.82, 2.24) is 116 Å². The van der Waals surface area contributed by atoms with Crippen LogP contribution in [0.3, 0.4) is 0 Å². The summed E-state index contributed by atoms with van der Waals surface area (Å²) in [5, 5.41) is 111. The number of aliphatic hydroxyl groups is 1. The standard InChI is InChI=1S/C12H11N3O2.C11H9N3O2.C10H14ClN3O4.2C5H6BrN3O2.C5H6ClN3O2.C5H7N3O3.2C4H5N3O2.2C4H6N2.C3H3N3O2/c1-14-9-13-12(15(16)17)11(14)8-7-10-5-3-2-4-6-10;15-14(16)11-10(12-8-13-11)7-6-9-4-2-1-3-5-9;1-10(2,3)18-9(15)6(11)7-8(14(16)17)12-5-13(7)4;3*1-8-3-7-5(9(10)11)4(8)2-6;1-7-3-6-5(8(10)11)4(7)2-9;1-6-2-4(5-3-6)7(8)9;1-3-4(7(8)9)6-2-5-3;1-4-2-5-3-6-4;1-6-3-2-5-4-6;7-6(8)3-1-4-2-5-3/h2-9H,1H3;1-8H,(H,12,13);5-6H,1-4H3;3*3H,2H2,1H3;3,9H,2H2,1H3;2-3H,1H3;2H,1H3,(H,5,6);2-3H,1H3,(H,5,6);2-4H,1H3;1-2H,(H,4,5)/b8-7+;7-6+;;;;;;;;;;. The van der Waals surface area contributed by atoms with Crippen LogP contribution in [0.2, 0.25) is 0 Å². The largest absolute Gasteiger partial charge is 0.459 e. The van der Waals surface area contributed by atoms with Gasteiger partial charge in [0.1, 0.15) is 57.9 Å². The Hall–Kier alpha value is -16.6. The molecule has 14 aromatic rings. The number of alkyl halides is 4. The maximum Gasteiger partial charge on any atom is 0.389 e. The van der Waals surface area contributed by atoms with Crippen LogP contribution in [-0.2, 0) is 89.1 Å². The third kappa shape index (κ3) is 37.7. The minimum Gasteiger partial charge on any atom is -0.459 e. The van der Waals surface area contributed by atoms with Gasteiger partial charge in [0.2, 0.25) is 44.3 Å². The molecule has 12 aromatic heterocycles. The molecule has 0 radical (unpaired) electrons. The molecule has 57 nitrogen and oxygen atoms in total. The van der Waals surface area contributed by atoms with Gasteiger partial charge in [0.25, 0.3) is 0 Å². The van der Waals surface area contributed by atoms with E-state index in [1.54, 1.807) is 127 Å². The lowest BCUT2D eigenvalue weighted by Crippen LogP contribution is -2.27. The van der Waals surface area contributed by atoms with Gasteiger partial charge in [-0.25, -0.2) is 44.7 Å². The molecule has 0 aliphatic heterocycles. The van der Waals surface area contributed by atoms with Crippen LogP contribution in [0.15, 0.2) is 168 Å². The summed E-state index contributed by atoms with van der Waals surface area (Å²) in [6, 6.07) is 19.1. The molecule has 0 saturated carbocycles. The molecule has 0 spiro atoms. The molecule has 1 unspecified atom stereocenters. The van der Waals surface area contributed by atoms with Crippen molar-refractivity contribution in [1.29, 1.82) is 0 Å². The zero-order chi connectivity index (χ0) is 99.9. The molecule has 0 amide bonds. The van der Waals surface area contributed by atoms with E-state index >= 15 is 0 Å². The number of carbonyl (C=O) groups is 1. The molecule has 0 fully saturated rings. The molecule has 133 heavy (non-hydrogen) atoms. The zero-order valence-corrected chi connectivity index (χ0v) is 76.8. The van der Waals surface area contributed by atoms with Gasteiger partial charge in [-0.15, -0.1) is 23.2 Å². The average molecular weight is 2020 g/mol. The van der Waals surface area contributed by atoms with Crippen LogP contribution in [0.25, 0.3) is 24.3 Å². The van der Waals surface area contributed by atoms with E-state index in [1.165, 1.54) is 94.8 Å². The highest BCUT2D eigenvalue weighted by Gasteiger charge is 2.35. The lowest BCUT2D eigenvalue weighted by Gasteiger charge is -2.21. The number of H-pyrrole nitrogens is 4. The van der Waals surface area contributed by atoms with Gasteiger partial charge >= 0.3 is 64.1 Å². The number of benzene rings is 2. The molecule has 0 bridgehead atoms. The summed E-state index contributed by atoms with van der Waals surface area (Å²) in [5.74, 6) is -2.12. The van der Waals surface area contributed by atoms with E-state index in [2.05, 4.69) is 112 Å². The van der Waals surface area contributed by atoms with Gasteiger partial charge in [-0.3, -0.25) is 0 Å². The van der Waals surface area contributed by atoms with Gasteiger partial charge in [-0.05, 0) is 142 Å². The summed E-state index contributed by atoms with van der Waals surface area (Å²) < 4.78 is 17.6.